The summed E-state index contributed by atoms with van der Waals surface area (Å²) in [4.78, 5) is 0. The first-order chi connectivity index (χ1) is 14.6. The standard InChI is InChI=1S/C21H23O7Si2/c1-22-16-4-10-19(11-5-16)25-30(28-29,26-20-12-6-17(23-2)7-13-20)27-21-14-8-18(24-3)9-15-21/h4-15H,29H2,1-3H3. The van der Waals surface area contributed by atoms with Crippen molar-refractivity contribution in [3.05, 3.63) is 72.8 Å². The van der Waals surface area contributed by atoms with E-state index in [4.69, 9.17) is 31.6 Å². The molecule has 0 heterocycles. The summed E-state index contributed by atoms with van der Waals surface area (Å²) in [6, 6.07) is 21.3. The number of rotatable bonds is 10. The van der Waals surface area contributed by atoms with Gasteiger partial charge in [-0.3, -0.25) is 0 Å². The van der Waals surface area contributed by atoms with Crippen LogP contribution >= 0.6 is 0 Å². The highest BCUT2D eigenvalue weighted by molar-refractivity contribution is 6.59. The molecular formula is C21H23O7Si2. The molecule has 0 spiro atoms. The minimum Gasteiger partial charge on any atom is -0.497 e. The van der Waals surface area contributed by atoms with E-state index in [-0.39, 0.29) is 0 Å². The summed E-state index contributed by atoms with van der Waals surface area (Å²) in [5, 5.41) is 0. The summed E-state index contributed by atoms with van der Waals surface area (Å²) in [7, 11) is 2.38. The van der Waals surface area contributed by atoms with Crippen molar-refractivity contribution in [2.24, 2.45) is 0 Å². The van der Waals surface area contributed by atoms with E-state index in [1.54, 1.807) is 94.1 Å². The molecule has 0 aromatic heterocycles. The fraction of sp³-hybridized carbons (Fsp3) is 0.143. The fourth-order valence-electron chi connectivity index (χ4n) is 2.52. The van der Waals surface area contributed by atoms with Crippen LogP contribution in [-0.4, -0.2) is 40.9 Å². The van der Waals surface area contributed by atoms with E-state index in [0.29, 0.717) is 34.5 Å². The molecule has 0 saturated heterocycles. The van der Waals surface area contributed by atoms with Gasteiger partial charge in [-0.25, -0.2) is 0 Å². The predicted octanol–water partition coefficient (Wildman–Crippen LogP) is 3.25. The van der Waals surface area contributed by atoms with Crippen molar-refractivity contribution >= 4 is 19.5 Å². The lowest BCUT2D eigenvalue weighted by molar-refractivity contribution is 0.167. The molecule has 0 aliphatic heterocycles. The molecule has 0 bridgehead atoms. The Hall–Kier alpha value is -3.15. The van der Waals surface area contributed by atoms with Gasteiger partial charge in [0.2, 0.25) is 0 Å². The number of methoxy groups -OCH3 is 3. The third-order valence-corrected chi connectivity index (χ3v) is 6.95. The zero-order chi connectivity index (χ0) is 21.4. The smallest absolute Gasteiger partial charge is 0.497 e. The highest BCUT2D eigenvalue weighted by Gasteiger charge is 2.53. The van der Waals surface area contributed by atoms with Gasteiger partial charge in [-0.1, -0.05) is 0 Å². The third-order valence-electron chi connectivity index (χ3n) is 4.08. The molecule has 0 fully saturated rings. The summed E-state index contributed by atoms with van der Waals surface area (Å²) >= 11 is 0. The minimum absolute atomic E-state index is 0.524. The van der Waals surface area contributed by atoms with Gasteiger partial charge in [0.1, 0.15) is 34.5 Å². The third kappa shape index (κ3) is 5.47. The molecule has 0 aliphatic carbocycles. The largest absolute Gasteiger partial charge is 0.881 e. The first-order valence-electron chi connectivity index (χ1n) is 9.02. The minimum atomic E-state index is -3.68. The van der Waals surface area contributed by atoms with Crippen LogP contribution in [0.25, 0.3) is 0 Å². The monoisotopic (exact) mass is 443 g/mol. The van der Waals surface area contributed by atoms with Crippen molar-refractivity contribution in [1.29, 1.82) is 0 Å². The Kier molecular flexibility index (Phi) is 7.23. The zero-order valence-corrected chi connectivity index (χ0v) is 19.4. The average molecular weight is 444 g/mol. The highest BCUT2D eigenvalue weighted by Crippen LogP contribution is 2.27. The number of hydrogen-bond acceptors (Lipinski definition) is 7. The number of hydrogen-bond donors (Lipinski definition) is 0. The van der Waals surface area contributed by atoms with Gasteiger partial charge in [-0.05, 0) is 72.8 Å². The first-order valence-corrected chi connectivity index (χ1v) is 11.2. The van der Waals surface area contributed by atoms with E-state index in [2.05, 4.69) is 0 Å². The first kappa shape index (κ1) is 21.6. The lowest BCUT2D eigenvalue weighted by atomic mass is 10.3. The van der Waals surface area contributed by atoms with Gasteiger partial charge < -0.3 is 31.6 Å². The van der Waals surface area contributed by atoms with Crippen LogP contribution < -0.4 is 27.5 Å². The van der Waals surface area contributed by atoms with E-state index in [9.17, 15) is 0 Å². The molecule has 0 amide bonds. The molecule has 0 atom stereocenters. The van der Waals surface area contributed by atoms with Gasteiger partial charge in [0.05, 0.1) is 21.3 Å². The second-order valence-electron chi connectivity index (χ2n) is 5.98. The van der Waals surface area contributed by atoms with Crippen LogP contribution in [0.15, 0.2) is 72.8 Å². The Labute approximate surface area is 180 Å². The van der Waals surface area contributed by atoms with Gasteiger partial charge in [-0.15, -0.1) is 0 Å². The topological polar surface area (TPSA) is 64.6 Å². The van der Waals surface area contributed by atoms with Crippen molar-refractivity contribution in [2.45, 2.75) is 0 Å². The molecule has 0 saturated carbocycles. The van der Waals surface area contributed by atoms with E-state index in [0.717, 1.165) is 0 Å². The second kappa shape index (κ2) is 10.1. The molecule has 9 heteroatoms. The lowest BCUT2D eigenvalue weighted by Crippen LogP contribution is -2.57. The molecule has 0 unspecified atom stereocenters. The summed E-state index contributed by atoms with van der Waals surface area (Å²) < 4.78 is 39.7. The molecule has 0 N–H and O–H groups in total. The van der Waals surface area contributed by atoms with Crippen molar-refractivity contribution in [2.75, 3.05) is 21.3 Å². The summed E-state index contributed by atoms with van der Waals surface area (Å²) in [5.41, 5.74) is 0. The maximum Gasteiger partial charge on any atom is 0.881 e. The normalized spacial score (nSPS) is 10.8. The van der Waals surface area contributed by atoms with Crippen LogP contribution in [0.4, 0.5) is 0 Å². The molecule has 0 aliphatic rings. The van der Waals surface area contributed by atoms with Gasteiger partial charge >= 0.3 is 9.05 Å². The Morgan fingerprint density at radius 1 is 0.467 bits per heavy atom. The molecule has 3 aromatic rings. The van der Waals surface area contributed by atoms with Crippen molar-refractivity contribution in [1.82, 2.24) is 0 Å². The molecule has 3 aromatic carbocycles. The number of ether oxygens (including phenoxy) is 3. The summed E-state index contributed by atoms with van der Waals surface area (Å²) in [6.07, 6.45) is 0. The SMILES string of the molecule is COc1ccc(O[Si](O[SiH2])(Oc2ccc(OC)cc2)Oc2ccc(OC)cc2)cc1. The van der Waals surface area contributed by atoms with E-state index in [1.165, 1.54) is 10.5 Å². The van der Waals surface area contributed by atoms with Gasteiger partial charge in [0.15, 0.2) is 10.5 Å². The second-order valence-corrected chi connectivity index (χ2v) is 8.74. The van der Waals surface area contributed by atoms with Crippen LogP contribution in [0, 0.1) is 0 Å². The van der Waals surface area contributed by atoms with Crippen molar-refractivity contribution in [3.63, 3.8) is 0 Å². The molecule has 1 radical (unpaired) electrons. The summed E-state index contributed by atoms with van der Waals surface area (Å²) in [5.74, 6) is 3.70. The lowest BCUT2D eigenvalue weighted by Gasteiger charge is -2.27. The molecule has 7 nitrogen and oxygen atoms in total. The highest BCUT2D eigenvalue weighted by atomic mass is 28.4. The maximum atomic E-state index is 6.13. The Morgan fingerprint density at radius 3 is 0.900 bits per heavy atom. The van der Waals surface area contributed by atoms with Crippen LogP contribution in [-0.2, 0) is 4.12 Å². The molecule has 157 valence electrons. The molecular weight excluding hydrogens is 420 g/mol. The van der Waals surface area contributed by atoms with Crippen LogP contribution in [0.1, 0.15) is 0 Å². The van der Waals surface area contributed by atoms with Crippen LogP contribution in [0.2, 0.25) is 0 Å². The number of benzene rings is 3. The zero-order valence-electron chi connectivity index (χ0n) is 17.0. The Morgan fingerprint density at radius 2 is 0.700 bits per heavy atom. The maximum absolute atomic E-state index is 6.13. The van der Waals surface area contributed by atoms with Crippen molar-refractivity contribution < 1.29 is 31.6 Å². The Balaban J connectivity index is 1.90. The van der Waals surface area contributed by atoms with Gasteiger partial charge in [0.25, 0.3) is 0 Å². The van der Waals surface area contributed by atoms with Gasteiger partial charge in [0, 0.05) is 0 Å². The fourth-order valence-corrected chi connectivity index (χ4v) is 4.62. The van der Waals surface area contributed by atoms with E-state index >= 15 is 0 Å². The molecule has 30 heavy (non-hydrogen) atoms. The summed E-state index contributed by atoms with van der Waals surface area (Å²) in [6.45, 7) is 0. The predicted molar refractivity (Wildman–Crippen MR) is 116 cm³/mol. The van der Waals surface area contributed by atoms with Crippen molar-refractivity contribution in [3.8, 4) is 34.5 Å². The van der Waals surface area contributed by atoms with Crippen LogP contribution in [0.3, 0.4) is 0 Å². The quantitative estimate of drug-likeness (QED) is 0.446. The average Bonchev–Trinajstić information content (AvgIpc) is 2.80. The van der Waals surface area contributed by atoms with E-state index < -0.39 is 9.05 Å². The van der Waals surface area contributed by atoms with Gasteiger partial charge in [-0.2, -0.15) is 0 Å². The Bertz CT molecular complexity index is 795. The van der Waals surface area contributed by atoms with E-state index in [1.807, 2.05) is 0 Å². The van der Waals surface area contributed by atoms with Crippen LogP contribution in [0.5, 0.6) is 34.5 Å². The molecule has 3 rings (SSSR count).